The molecule has 0 bridgehead atoms. The van der Waals surface area contributed by atoms with Gasteiger partial charge < -0.3 is 4.74 Å². The van der Waals surface area contributed by atoms with E-state index in [1.165, 1.54) is 12.5 Å². The minimum atomic E-state index is -1.01. The average molecular weight is 383 g/mol. The lowest BCUT2D eigenvalue weighted by atomic mass is 9.48. The number of carbonyl (C=O) groups excluding carboxylic acids is 3. The van der Waals surface area contributed by atoms with E-state index in [2.05, 4.69) is 32.9 Å². The maximum absolute atomic E-state index is 12.8. The van der Waals surface area contributed by atoms with Gasteiger partial charge in [0.05, 0.1) is 0 Å². The van der Waals surface area contributed by atoms with E-state index in [-0.39, 0.29) is 34.3 Å². The highest BCUT2D eigenvalue weighted by atomic mass is 16.6. The number of Topliss-reactive ketones (excluding diaryl/α,β-unsaturated/α-hetero) is 1. The number of hydrogen-bond donors (Lipinski definition) is 0. The van der Waals surface area contributed by atoms with Gasteiger partial charge in [-0.15, -0.1) is 0 Å². The van der Waals surface area contributed by atoms with Crippen LogP contribution < -0.4 is 0 Å². The van der Waals surface area contributed by atoms with Gasteiger partial charge in [-0.3, -0.25) is 14.4 Å². The summed E-state index contributed by atoms with van der Waals surface area (Å²) >= 11 is 0. The van der Waals surface area contributed by atoms with Crippen molar-refractivity contribution in [3.05, 3.63) is 35.5 Å². The second-order valence-electron chi connectivity index (χ2n) is 9.69. The molecule has 28 heavy (non-hydrogen) atoms. The van der Waals surface area contributed by atoms with Gasteiger partial charge in [0.15, 0.2) is 17.2 Å². The van der Waals surface area contributed by atoms with Crippen LogP contribution in [0.1, 0.15) is 60.3 Å². The third kappa shape index (κ3) is 2.33. The van der Waals surface area contributed by atoms with E-state index < -0.39 is 5.60 Å². The number of allylic oxidation sites excluding steroid dienone is 6. The quantitative estimate of drug-likeness (QED) is 0.666. The highest BCUT2D eigenvalue weighted by Gasteiger charge is 2.67. The zero-order valence-electron chi connectivity index (χ0n) is 17.5. The summed E-state index contributed by atoms with van der Waals surface area (Å²) in [6, 6.07) is 0. The lowest BCUT2D eigenvalue weighted by Gasteiger charge is -2.57. The number of ketones is 2. The van der Waals surface area contributed by atoms with Gasteiger partial charge in [-0.05, 0) is 75.0 Å². The predicted octanol–water partition coefficient (Wildman–Crippen LogP) is 4.35. The van der Waals surface area contributed by atoms with Crippen molar-refractivity contribution in [3.8, 4) is 0 Å². The first-order valence-corrected chi connectivity index (χ1v) is 10.4. The Bertz CT molecular complexity index is 862. The molecule has 4 heteroatoms. The Morgan fingerprint density at radius 2 is 1.79 bits per heavy atom. The smallest absolute Gasteiger partial charge is 0.303 e. The lowest BCUT2D eigenvalue weighted by molar-refractivity contribution is -0.184. The SMILES string of the molecule is CC(=O)O[C@]1(C(C)=O)CCC2C3C=C(C)C4=CC(=O)C=C[C@]4(C)C3CC[C@@]21C. The normalized spacial score (nSPS) is 44.0. The van der Waals surface area contributed by atoms with Crippen LogP contribution in [-0.4, -0.2) is 23.1 Å². The van der Waals surface area contributed by atoms with E-state index in [0.717, 1.165) is 24.8 Å². The van der Waals surface area contributed by atoms with Crippen molar-refractivity contribution in [1.29, 1.82) is 0 Å². The topological polar surface area (TPSA) is 60.4 Å². The van der Waals surface area contributed by atoms with Crippen LogP contribution in [0.25, 0.3) is 0 Å². The molecule has 0 aromatic carbocycles. The molecule has 4 rings (SSSR count). The molecule has 0 spiro atoms. The van der Waals surface area contributed by atoms with Crippen molar-refractivity contribution in [2.24, 2.45) is 28.6 Å². The molecule has 0 heterocycles. The summed E-state index contributed by atoms with van der Waals surface area (Å²) in [5.41, 5.74) is 0.792. The minimum Gasteiger partial charge on any atom is -0.451 e. The summed E-state index contributed by atoms with van der Waals surface area (Å²) in [7, 11) is 0. The molecule has 2 fully saturated rings. The fourth-order valence-corrected chi connectivity index (χ4v) is 7.12. The Balaban J connectivity index is 1.80. The zero-order chi connectivity index (χ0) is 20.5. The predicted molar refractivity (Wildman–Crippen MR) is 106 cm³/mol. The maximum atomic E-state index is 12.8. The number of fused-ring (bicyclic) bond motifs is 5. The largest absolute Gasteiger partial charge is 0.451 e. The summed E-state index contributed by atoms with van der Waals surface area (Å²) in [4.78, 5) is 36.6. The number of carbonyl (C=O) groups is 3. The minimum absolute atomic E-state index is 0.0300. The molecule has 4 nitrogen and oxygen atoms in total. The second-order valence-corrected chi connectivity index (χ2v) is 9.69. The van der Waals surface area contributed by atoms with Gasteiger partial charge in [-0.25, -0.2) is 0 Å². The van der Waals surface area contributed by atoms with Crippen LogP contribution in [-0.2, 0) is 19.1 Å². The Kier molecular flexibility index (Phi) is 4.16. The maximum Gasteiger partial charge on any atom is 0.303 e. The van der Waals surface area contributed by atoms with Crippen molar-refractivity contribution in [1.82, 2.24) is 0 Å². The van der Waals surface area contributed by atoms with Crippen molar-refractivity contribution < 1.29 is 19.1 Å². The van der Waals surface area contributed by atoms with E-state index >= 15 is 0 Å². The van der Waals surface area contributed by atoms with Gasteiger partial charge in [-0.1, -0.05) is 31.6 Å². The van der Waals surface area contributed by atoms with Gasteiger partial charge in [0, 0.05) is 17.8 Å². The first-order valence-electron chi connectivity index (χ1n) is 10.4. The van der Waals surface area contributed by atoms with Gasteiger partial charge >= 0.3 is 5.97 Å². The zero-order valence-corrected chi connectivity index (χ0v) is 17.5. The van der Waals surface area contributed by atoms with E-state index in [0.29, 0.717) is 18.3 Å². The van der Waals surface area contributed by atoms with Crippen LogP contribution in [0.15, 0.2) is 35.5 Å². The first-order chi connectivity index (χ1) is 13.0. The summed E-state index contributed by atoms with van der Waals surface area (Å²) in [6.07, 6.45) is 11.2. The Hall–Kier alpha value is -1.97. The third-order valence-corrected chi connectivity index (χ3v) is 8.44. The van der Waals surface area contributed by atoms with E-state index in [1.54, 1.807) is 19.1 Å². The van der Waals surface area contributed by atoms with Crippen molar-refractivity contribution >= 4 is 17.5 Å². The molecular weight excluding hydrogens is 352 g/mol. The summed E-state index contributed by atoms with van der Waals surface area (Å²) < 4.78 is 5.81. The molecule has 0 saturated heterocycles. The van der Waals surface area contributed by atoms with Crippen molar-refractivity contribution in [2.75, 3.05) is 0 Å². The van der Waals surface area contributed by atoms with Crippen LogP contribution >= 0.6 is 0 Å². The molecule has 0 N–H and O–H groups in total. The van der Waals surface area contributed by atoms with Crippen LogP contribution in [0.2, 0.25) is 0 Å². The standard InChI is InChI=1S/C24H30O4/c1-14-12-18-19(22(4)9-6-17(27)13-21(14)22)7-10-23(5)20(18)8-11-24(23,15(2)25)28-16(3)26/h6,9,12-13,18-20H,7-8,10-11H2,1-5H3/t18?,19?,20?,22-,23+,24+/m1/s1. The fraction of sp³-hybridized carbons (Fsp3) is 0.625. The van der Waals surface area contributed by atoms with Gasteiger partial charge in [-0.2, -0.15) is 0 Å². The van der Waals surface area contributed by atoms with Crippen LogP contribution in [0, 0.1) is 28.6 Å². The van der Waals surface area contributed by atoms with Crippen molar-refractivity contribution in [3.63, 3.8) is 0 Å². The van der Waals surface area contributed by atoms with Crippen LogP contribution in [0.3, 0.4) is 0 Å². The Morgan fingerprint density at radius 3 is 2.43 bits per heavy atom. The first kappa shape index (κ1) is 19.4. The van der Waals surface area contributed by atoms with Gasteiger partial charge in [0.1, 0.15) is 0 Å². The number of esters is 1. The Labute approximate surface area is 167 Å². The van der Waals surface area contributed by atoms with Gasteiger partial charge in [0.2, 0.25) is 0 Å². The molecule has 0 aliphatic heterocycles. The fourth-order valence-electron chi connectivity index (χ4n) is 7.12. The Morgan fingerprint density at radius 1 is 1.11 bits per heavy atom. The molecule has 0 radical (unpaired) electrons. The molecule has 4 aliphatic rings. The molecule has 3 unspecified atom stereocenters. The highest BCUT2D eigenvalue weighted by molar-refractivity contribution is 6.02. The van der Waals surface area contributed by atoms with Gasteiger partial charge in [0.25, 0.3) is 0 Å². The van der Waals surface area contributed by atoms with E-state index in [1.807, 2.05) is 0 Å². The number of hydrogen-bond acceptors (Lipinski definition) is 4. The molecular formula is C24H30O4. The third-order valence-electron chi connectivity index (χ3n) is 8.44. The molecule has 4 aliphatic carbocycles. The summed E-state index contributed by atoms with van der Waals surface area (Å²) in [5.74, 6) is 0.651. The highest BCUT2D eigenvalue weighted by Crippen LogP contribution is 2.67. The molecule has 150 valence electrons. The second kappa shape index (κ2) is 6.01. The van der Waals surface area contributed by atoms with Crippen molar-refractivity contribution in [2.45, 2.75) is 65.9 Å². The summed E-state index contributed by atoms with van der Waals surface area (Å²) in [5, 5.41) is 0. The van der Waals surface area contributed by atoms with Crippen LogP contribution in [0.4, 0.5) is 0 Å². The van der Waals surface area contributed by atoms with Crippen LogP contribution in [0.5, 0.6) is 0 Å². The number of ether oxygens (including phenoxy) is 1. The number of rotatable bonds is 2. The lowest BCUT2D eigenvalue weighted by Crippen LogP contribution is -2.58. The average Bonchev–Trinajstić information content (AvgIpc) is 2.90. The molecule has 0 aromatic rings. The van der Waals surface area contributed by atoms with E-state index in [4.69, 9.17) is 4.74 Å². The molecule has 0 aromatic heterocycles. The van der Waals surface area contributed by atoms with E-state index in [9.17, 15) is 14.4 Å². The summed E-state index contributed by atoms with van der Waals surface area (Å²) in [6.45, 7) is 9.47. The molecule has 0 amide bonds. The molecule has 6 atom stereocenters. The monoisotopic (exact) mass is 382 g/mol. The molecule has 2 saturated carbocycles.